The van der Waals surface area contributed by atoms with Gasteiger partial charge in [0.1, 0.15) is 5.75 Å². The monoisotopic (exact) mass is 330 g/mol. The van der Waals surface area contributed by atoms with Crippen molar-refractivity contribution in [2.75, 3.05) is 51.5 Å². The predicted molar refractivity (Wildman–Crippen MR) is 96.7 cm³/mol. The highest BCUT2D eigenvalue weighted by Gasteiger charge is 2.01. The van der Waals surface area contributed by atoms with E-state index < -0.39 is 0 Å². The molecule has 1 heterocycles. The molecule has 7 nitrogen and oxygen atoms in total. The first-order chi connectivity index (χ1) is 11.7. The molecule has 2 rings (SSSR count). The van der Waals surface area contributed by atoms with Gasteiger partial charge in [-0.15, -0.1) is 5.10 Å². The number of ether oxygens (including phenoxy) is 1. The Bertz CT molecular complexity index is 620. The summed E-state index contributed by atoms with van der Waals surface area (Å²) in [7, 11) is 5.80. The Morgan fingerprint density at radius 1 is 1.17 bits per heavy atom. The van der Waals surface area contributed by atoms with E-state index in [0.29, 0.717) is 5.95 Å². The van der Waals surface area contributed by atoms with Crippen molar-refractivity contribution < 1.29 is 4.74 Å². The van der Waals surface area contributed by atoms with Gasteiger partial charge in [0.25, 0.3) is 0 Å². The lowest BCUT2D eigenvalue weighted by molar-refractivity contribution is 0.405. The zero-order chi connectivity index (χ0) is 17.2. The van der Waals surface area contributed by atoms with Crippen LogP contribution in [0, 0.1) is 0 Å². The van der Waals surface area contributed by atoms with Crippen LogP contribution in [0.5, 0.6) is 5.75 Å². The maximum absolute atomic E-state index is 5.23. The van der Waals surface area contributed by atoms with Gasteiger partial charge in [-0.05, 0) is 51.2 Å². The zero-order valence-electron chi connectivity index (χ0n) is 14.6. The van der Waals surface area contributed by atoms with E-state index in [1.165, 1.54) is 5.56 Å². The molecule has 0 aliphatic carbocycles. The number of nitrogens with zero attached hydrogens (tertiary/aromatic N) is 4. The maximum atomic E-state index is 5.23. The predicted octanol–water partition coefficient (Wildman–Crippen LogP) is 1.90. The van der Waals surface area contributed by atoms with Crippen LogP contribution in [0.4, 0.5) is 11.8 Å². The summed E-state index contributed by atoms with van der Waals surface area (Å²) in [5.41, 5.74) is 1.21. The van der Waals surface area contributed by atoms with E-state index in [1.54, 1.807) is 13.3 Å². The summed E-state index contributed by atoms with van der Waals surface area (Å²) in [5.74, 6) is 2.16. The fraction of sp³-hybridized carbons (Fsp3) is 0.471. The van der Waals surface area contributed by atoms with Crippen molar-refractivity contribution in [3.63, 3.8) is 0 Å². The summed E-state index contributed by atoms with van der Waals surface area (Å²) in [5, 5.41) is 14.5. The van der Waals surface area contributed by atoms with Crippen molar-refractivity contribution in [3.8, 4) is 5.75 Å². The number of hydrogen-bond acceptors (Lipinski definition) is 7. The molecule has 0 radical (unpaired) electrons. The molecule has 0 unspecified atom stereocenters. The standard InChI is InChI=1S/C17H26N6O/c1-23(2)11-5-9-19-17-21-16(13-20-22-17)18-10-8-14-6-4-7-15(12-14)24-3/h4,6-7,12-13H,5,8-11H2,1-3H3,(H2,18,19,21,22). The highest BCUT2D eigenvalue weighted by atomic mass is 16.5. The highest BCUT2D eigenvalue weighted by molar-refractivity contribution is 5.37. The van der Waals surface area contributed by atoms with Crippen molar-refractivity contribution in [1.29, 1.82) is 0 Å². The summed E-state index contributed by atoms with van der Waals surface area (Å²) in [6.07, 6.45) is 3.55. The number of anilines is 2. The Balaban J connectivity index is 1.77. The number of methoxy groups -OCH3 is 1. The van der Waals surface area contributed by atoms with Gasteiger partial charge in [0, 0.05) is 13.1 Å². The van der Waals surface area contributed by atoms with Crippen LogP contribution in [0.3, 0.4) is 0 Å². The van der Waals surface area contributed by atoms with Crippen molar-refractivity contribution in [1.82, 2.24) is 20.1 Å². The second-order valence-electron chi connectivity index (χ2n) is 5.78. The number of aromatic nitrogens is 3. The molecule has 0 amide bonds. The maximum Gasteiger partial charge on any atom is 0.244 e. The molecule has 0 aliphatic heterocycles. The van der Waals surface area contributed by atoms with E-state index in [4.69, 9.17) is 4.74 Å². The van der Waals surface area contributed by atoms with Crippen LogP contribution in [0.2, 0.25) is 0 Å². The summed E-state index contributed by atoms with van der Waals surface area (Å²) < 4.78 is 5.23. The number of benzene rings is 1. The molecule has 0 saturated carbocycles. The second-order valence-corrected chi connectivity index (χ2v) is 5.78. The lowest BCUT2D eigenvalue weighted by atomic mass is 10.1. The van der Waals surface area contributed by atoms with Gasteiger partial charge in [0.15, 0.2) is 5.82 Å². The second kappa shape index (κ2) is 9.67. The molecule has 0 aliphatic rings. The minimum Gasteiger partial charge on any atom is -0.497 e. The van der Waals surface area contributed by atoms with Crippen molar-refractivity contribution in [2.24, 2.45) is 0 Å². The average molecular weight is 330 g/mol. The van der Waals surface area contributed by atoms with Crippen LogP contribution >= 0.6 is 0 Å². The molecule has 1 aromatic carbocycles. The van der Waals surface area contributed by atoms with E-state index in [-0.39, 0.29) is 0 Å². The number of nitrogens with one attached hydrogen (secondary N) is 2. The van der Waals surface area contributed by atoms with Crippen LogP contribution in [0.1, 0.15) is 12.0 Å². The minimum absolute atomic E-state index is 0.556. The molecule has 2 N–H and O–H groups in total. The highest BCUT2D eigenvalue weighted by Crippen LogP contribution is 2.13. The van der Waals surface area contributed by atoms with Gasteiger partial charge in [-0.3, -0.25) is 0 Å². The van der Waals surface area contributed by atoms with Gasteiger partial charge >= 0.3 is 0 Å². The topological polar surface area (TPSA) is 75.2 Å². The molecule has 2 aromatic rings. The summed E-state index contributed by atoms with van der Waals surface area (Å²) in [6.45, 7) is 2.62. The Labute approximate surface area is 143 Å². The van der Waals surface area contributed by atoms with Crippen LogP contribution < -0.4 is 15.4 Å². The average Bonchev–Trinajstić information content (AvgIpc) is 2.59. The summed E-state index contributed by atoms with van der Waals surface area (Å²) in [6, 6.07) is 8.06. The van der Waals surface area contributed by atoms with E-state index in [2.05, 4.69) is 50.9 Å². The smallest absolute Gasteiger partial charge is 0.244 e. The van der Waals surface area contributed by atoms with E-state index >= 15 is 0 Å². The van der Waals surface area contributed by atoms with E-state index in [0.717, 1.165) is 44.0 Å². The molecule has 1 aromatic heterocycles. The molecule has 130 valence electrons. The van der Waals surface area contributed by atoms with Crippen molar-refractivity contribution in [3.05, 3.63) is 36.0 Å². The zero-order valence-corrected chi connectivity index (χ0v) is 14.6. The molecule has 0 bridgehead atoms. The van der Waals surface area contributed by atoms with Gasteiger partial charge in [-0.25, -0.2) is 0 Å². The van der Waals surface area contributed by atoms with Gasteiger partial charge < -0.3 is 20.3 Å². The van der Waals surface area contributed by atoms with Crippen LogP contribution in [0.25, 0.3) is 0 Å². The molecule has 24 heavy (non-hydrogen) atoms. The fourth-order valence-corrected chi connectivity index (χ4v) is 2.22. The molecular formula is C17H26N6O. The minimum atomic E-state index is 0.556. The number of rotatable bonds is 10. The first-order valence-corrected chi connectivity index (χ1v) is 8.12. The Morgan fingerprint density at radius 2 is 2.04 bits per heavy atom. The molecule has 0 fully saturated rings. The molecule has 7 heteroatoms. The third-order valence-corrected chi connectivity index (χ3v) is 3.48. The van der Waals surface area contributed by atoms with Crippen LogP contribution in [0.15, 0.2) is 30.5 Å². The normalized spacial score (nSPS) is 10.7. The van der Waals surface area contributed by atoms with Crippen molar-refractivity contribution >= 4 is 11.8 Å². The van der Waals surface area contributed by atoms with E-state index in [1.807, 2.05) is 18.2 Å². The van der Waals surface area contributed by atoms with Crippen LogP contribution in [-0.2, 0) is 6.42 Å². The van der Waals surface area contributed by atoms with Gasteiger partial charge in [-0.2, -0.15) is 10.1 Å². The number of hydrogen-bond donors (Lipinski definition) is 2. The van der Waals surface area contributed by atoms with Crippen LogP contribution in [-0.4, -0.2) is 60.9 Å². The van der Waals surface area contributed by atoms with Crippen molar-refractivity contribution in [2.45, 2.75) is 12.8 Å². The SMILES string of the molecule is COc1cccc(CCNc2cnnc(NCCCN(C)C)n2)c1. The third-order valence-electron chi connectivity index (χ3n) is 3.48. The van der Waals surface area contributed by atoms with Gasteiger partial charge in [-0.1, -0.05) is 12.1 Å². The Morgan fingerprint density at radius 3 is 2.83 bits per heavy atom. The lowest BCUT2D eigenvalue weighted by Crippen LogP contribution is -2.17. The molecule has 0 saturated heterocycles. The first-order valence-electron chi connectivity index (χ1n) is 8.12. The molecule has 0 spiro atoms. The summed E-state index contributed by atoms with van der Waals surface area (Å²) in [4.78, 5) is 6.57. The fourth-order valence-electron chi connectivity index (χ4n) is 2.22. The Kier molecular flexibility index (Phi) is 7.22. The van der Waals surface area contributed by atoms with Gasteiger partial charge in [0.2, 0.25) is 5.95 Å². The Hall–Kier alpha value is -2.41. The molecule has 0 atom stereocenters. The van der Waals surface area contributed by atoms with Gasteiger partial charge in [0.05, 0.1) is 13.3 Å². The lowest BCUT2D eigenvalue weighted by Gasteiger charge is -2.10. The molecular weight excluding hydrogens is 304 g/mol. The summed E-state index contributed by atoms with van der Waals surface area (Å²) >= 11 is 0. The largest absolute Gasteiger partial charge is 0.497 e. The first kappa shape index (κ1) is 17.9. The van der Waals surface area contributed by atoms with E-state index in [9.17, 15) is 0 Å². The quantitative estimate of drug-likeness (QED) is 0.644. The third kappa shape index (κ3) is 6.37.